The topological polar surface area (TPSA) is 98.1 Å². The second-order valence-corrected chi connectivity index (χ2v) is 10.9. The molecule has 160 valence electrons. The minimum atomic E-state index is -3.07. The summed E-state index contributed by atoms with van der Waals surface area (Å²) in [6, 6.07) is 16.4. The van der Waals surface area contributed by atoms with Gasteiger partial charge >= 0.3 is 0 Å². The third-order valence-corrected chi connectivity index (χ3v) is 7.71. The van der Waals surface area contributed by atoms with Crippen molar-refractivity contribution in [2.45, 2.75) is 22.4 Å². The molecule has 1 atom stereocenters. The molecule has 1 saturated heterocycles. The molecule has 1 amide bonds. The molecule has 10 heteroatoms. The Balaban J connectivity index is 1.50. The van der Waals surface area contributed by atoms with Crippen molar-refractivity contribution < 1.29 is 13.2 Å². The number of hydrogen-bond acceptors (Lipinski definition) is 6. The number of rotatable bonds is 5. The summed E-state index contributed by atoms with van der Waals surface area (Å²) in [4.78, 5) is 25.7. The average molecular weight is 476 g/mol. The second-order valence-electron chi connectivity index (χ2n) is 7.10. The maximum atomic E-state index is 12.4. The van der Waals surface area contributed by atoms with Gasteiger partial charge in [0.25, 0.3) is 11.5 Å². The minimum absolute atomic E-state index is 0.0335. The van der Waals surface area contributed by atoms with Crippen LogP contribution in [0.3, 0.4) is 0 Å². The van der Waals surface area contributed by atoms with Crippen LogP contribution < -0.4 is 10.9 Å². The first-order valence-electron chi connectivity index (χ1n) is 9.45. The van der Waals surface area contributed by atoms with Gasteiger partial charge in [-0.05, 0) is 61.0 Å². The van der Waals surface area contributed by atoms with E-state index in [0.29, 0.717) is 27.7 Å². The lowest BCUT2D eigenvalue weighted by molar-refractivity contribution is 0.0941. The fraction of sp³-hybridized carbons (Fsp3) is 0.190. The molecule has 0 aliphatic carbocycles. The molecule has 31 heavy (non-hydrogen) atoms. The Bertz CT molecular complexity index is 1270. The molecule has 0 spiro atoms. The van der Waals surface area contributed by atoms with Gasteiger partial charge in [-0.2, -0.15) is 9.78 Å². The number of carbonyl (C=O) groups is 1. The number of sulfone groups is 1. The summed E-state index contributed by atoms with van der Waals surface area (Å²) in [6.45, 7) is 0. The standard InChI is InChI=1S/C21H18ClN3O4S2/c22-15-3-7-18(8-4-15)30-19-9-10-20(26)25(24-19)17-5-1-14(2-6-17)21(27)23-16-11-12-31(28,29)13-16/h1-10,16H,11-13H2,(H,23,27)/t16-/m0/s1. The largest absolute Gasteiger partial charge is 0.348 e. The molecule has 2 heterocycles. The highest BCUT2D eigenvalue weighted by Crippen LogP contribution is 2.26. The van der Waals surface area contributed by atoms with E-state index in [2.05, 4.69) is 10.4 Å². The van der Waals surface area contributed by atoms with Crippen molar-refractivity contribution in [2.24, 2.45) is 0 Å². The monoisotopic (exact) mass is 475 g/mol. The maximum Gasteiger partial charge on any atom is 0.271 e. The predicted octanol–water partition coefficient (Wildman–Crippen LogP) is 2.95. The highest BCUT2D eigenvalue weighted by molar-refractivity contribution is 7.99. The minimum Gasteiger partial charge on any atom is -0.348 e. The Morgan fingerprint density at radius 1 is 1.06 bits per heavy atom. The van der Waals surface area contributed by atoms with E-state index in [9.17, 15) is 18.0 Å². The van der Waals surface area contributed by atoms with Crippen molar-refractivity contribution in [1.82, 2.24) is 15.1 Å². The van der Waals surface area contributed by atoms with Gasteiger partial charge in [-0.15, -0.1) is 0 Å². The van der Waals surface area contributed by atoms with Gasteiger partial charge in [0, 0.05) is 27.6 Å². The first-order valence-corrected chi connectivity index (χ1v) is 12.5. The van der Waals surface area contributed by atoms with E-state index >= 15 is 0 Å². The van der Waals surface area contributed by atoms with E-state index in [-0.39, 0.29) is 29.0 Å². The maximum absolute atomic E-state index is 12.4. The molecule has 3 aromatic rings. The summed E-state index contributed by atoms with van der Waals surface area (Å²) in [7, 11) is -3.07. The van der Waals surface area contributed by atoms with Crippen LogP contribution in [0.1, 0.15) is 16.8 Å². The summed E-state index contributed by atoms with van der Waals surface area (Å²) in [5.74, 6) is -0.287. The van der Waals surface area contributed by atoms with Gasteiger partial charge < -0.3 is 5.32 Å². The third-order valence-electron chi connectivity index (χ3n) is 4.75. The summed E-state index contributed by atoms with van der Waals surface area (Å²) < 4.78 is 24.4. The van der Waals surface area contributed by atoms with E-state index in [4.69, 9.17) is 11.6 Å². The molecular weight excluding hydrogens is 458 g/mol. The molecule has 7 nitrogen and oxygen atoms in total. The third kappa shape index (κ3) is 5.36. The van der Waals surface area contributed by atoms with Crippen molar-refractivity contribution in [3.8, 4) is 5.69 Å². The van der Waals surface area contributed by atoms with Gasteiger partial charge in [0.1, 0.15) is 5.03 Å². The number of benzene rings is 2. The number of halogens is 1. The van der Waals surface area contributed by atoms with Crippen LogP contribution in [0.4, 0.5) is 0 Å². The predicted molar refractivity (Wildman–Crippen MR) is 120 cm³/mol. The first kappa shape index (κ1) is 21.6. The molecule has 1 fully saturated rings. The van der Waals surface area contributed by atoms with E-state index in [1.807, 2.05) is 12.1 Å². The zero-order valence-electron chi connectivity index (χ0n) is 16.2. The summed E-state index contributed by atoms with van der Waals surface area (Å²) in [6.07, 6.45) is 0.420. The molecule has 1 aliphatic heterocycles. The molecule has 2 aromatic carbocycles. The lowest BCUT2D eigenvalue weighted by Gasteiger charge is -2.11. The highest BCUT2D eigenvalue weighted by Gasteiger charge is 2.29. The Labute approximate surface area is 188 Å². The fourth-order valence-electron chi connectivity index (χ4n) is 3.19. The number of aromatic nitrogens is 2. The molecule has 0 radical (unpaired) electrons. The quantitative estimate of drug-likeness (QED) is 0.609. The van der Waals surface area contributed by atoms with E-state index in [1.54, 1.807) is 42.5 Å². The van der Waals surface area contributed by atoms with Crippen LogP contribution >= 0.6 is 23.4 Å². The van der Waals surface area contributed by atoms with Crippen LogP contribution in [0.15, 0.2) is 75.4 Å². The lowest BCUT2D eigenvalue weighted by Crippen LogP contribution is -2.35. The Kier molecular flexibility index (Phi) is 6.17. The average Bonchev–Trinajstić information content (AvgIpc) is 3.09. The second kappa shape index (κ2) is 8.86. The zero-order chi connectivity index (χ0) is 22.0. The van der Waals surface area contributed by atoms with Crippen molar-refractivity contribution in [2.75, 3.05) is 11.5 Å². The van der Waals surface area contributed by atoms with Crippen LogP contribution in [0.2, 0.25) is 5.02 Å². The van der Waals surface area contributed by atoms with Gasteiger partial charge in [-0.25, -0.2) is 8.42 Å². The normalized spacial score (nSPS) is 17.4. The van der Waals surface area contributed by atoms with Crippen LogP contribution in [0.5, 0.6) is 0 Å². The van der Waals surface area contributed by atoms with Crippen molar-refractivity contribution in [3.63, 3.8) is 0 Å². The summed E-state index contributed by atoms with van der Waals surface area (Å²) >= 11 is 7.31. The molecule has 0 unspecified atom stereocenters. The molecule has 0 saturated carbocycles. The molecule has 0 bridgehead atoms. The fourth-order valence-corrected chi connectivity index (χ4v) is 5.76. The number of amides is 1. The van der Waals surface area contributed by atoms with Crippen LogP contribution in [-0.2, 0) is 9.84 Å². The lowest BCUT2D eigenvalue weighted by atomic mass is 10.1. The van der Waals surface area contributed by atoms with Crippen LogP contribution in [0.25, 0.3) is 5.69 Å². The Morgan fingerprint density at radius 3 is 2.42 bits per heavy atom. The SMILES string of the molecule is O=C(N[C@H]1CCS(=O)(=O)C1)c1ccc(-n2nc(Sc3ccc(Cl)cc3)ccc2=O)cc1. The Morgan fingerprint density at radius 2 is 1.77 bits per heavy atom. The molecule has 4 rings (SSSR count). The van der Waals surface area contributed by atoms with E-state index < -0.39 is 9.84 Å². The molecule has 1 aromatic heterocycles. The van der Waals surface area contributed by atoms with Crippen LogP contribution in [0, 0.1) is 0 Å². The molecule has 1 N–H and O–H groups in total. The smallest absolute Gasteiger partial charge is 0.271 e. The number of hydrogen-bond donors (Lipinski definition) is 1. The van der Waals surface area contributed by atoms with Gasteiger partial charge in [-0.1, -0.05) is 23.4 Å². The van der Waals surface area contributed by atoms with Gasteiger partial charge in [0.15, 0.2) is 9.84 Å². The van der Waals surface area contributed by atoms with Crippen molar-refractivity contribution in [1.29, 1.82) is 0 Å². The summed E-state index contributed by atoms with van der Waals surface area (Å²) in [5.41, 5.74) is 0.602. The van der Waals surface area contributed by atoms with Crippen LogP contribution in [-0.4, -0.2) is 41.7 Å². The molecular formula is C21H18ClN3O4S2. The van der Waals surface area contributed by atoms with Crippen molar-refractivity contribution in [3.05, 3.63) is 81.6 Å². The highest BCUT2D eigenvalue weighted by atomic mass is 35.5. The first-order chi connectivity index (χ1) is 14.8. The zero-order valence-corrected chi connectivity index (χ0v) is 18.6. The van der Waals surface area contributed by atoms with Gasteiger partial charge in [0.2, 0.25) is 0 Å². The Hall–Kier alpha value is -2.62. The number of carbonyl (C=O) groups excluding carboxylic acids is 1. The number of nitrogens with zero attached hydrogens (tertiary/aromatic N) is 2. The molecule has 1 aliphatic rings. The van der Waals surface area contributed by atoms with Gasteiger partial charge in [0.05, 0.1) is 17.2 Å². The van der Waals surface area contributed by atoms with E-state index in [0.717, 1.165) is 4.90 Å². The number of nitrogens with one attached hydrogen (secondary N) is 1. The van der Waals surface area contributed by atoms with E-state index in [1.165, 1.54) is 22.5 Å². The summed E-state index contributed by atoms with van der Waals surface area (Å²) in [5, 5.41) is 8.42. The van der Waals surface area contributed by atoms with Crippen molar-refractivity contribution >= 4 is 39.1 Å². The van der Waals surface area contributed by atoms with Gasteiger partial charge in [-0.3, -0.25) is 9.59 Å².